The fourth-order valence-corrected chi connectivity index (χ4v) is 3.92. The van der Waals surface area contributed by atoms with Gasteiger partial charge in [-0.2, -0.15) is 0 Å². The van der Waals surface area contributed by atoms with Crippen LogP contribution in [0.3, 0.4) is 0 Å². The molecular formula is C23H22N4O2S. The van der Waals surface area contributed by atoms with Crippen LogP contribution in [0.15, 0.2) is 64.9 Å². The first-order chi connectivity index (χ1) is 14.3. The molecular weight excluding hydrogens is 396 g/mol. The number of carbonyl (C=O) groups excluding carboxylic acids is 1. The highest BCUT2D eigenvalue weighted by atomic mass is 32.1. The molecule has 7 heteroatoms. The summed E-state index contributed by atoms with van der Waals surface area (Å²) in [4.78, 5) is 33.4. The van der Waals surface area contributed by atoms with E-state index in [0.29, 0.717) is 16.2 Å². The molecule has 0 radical (unpaired) electrons. The first kappa shape index (κ1) is 20.0. The Balaban J connectivity index is 1.50. The molecule has 0 spiro atoms. The van der Waals surface area contributed by atoms with Crippen molar-refractivity contribution in [3.05, 3.63) is 76.0 Å². The summed E-state index contributed by atoms with van der Waals surface area (Å²) in [6.07, 6.45) is 1.23. The van der Waals surface area contributed by atoms with Crippen molar-refractivity contribution in [1.29, 1.82) is 0 Å². The minimum absolute atomic E-state index is 0.0922. The Morgan fingerprint density at radius 2 is 1.83 bits per heavy atom. The molecule has 2 heterocycles. The Bertz CT molecular complexity index is 1270. The molecule has 0 fully saturated rings. The zero-order chi connectivity index (χ0) is 21.3. The van der Waals surface area contributed by atoms with Crippen LogP contribution in [0.5, 0.6) is 0 Å². The Morgan fingerprint density at radius 1 is 1.10 bits per heavy atom. The molecule has 0 aliphatic carbocycles. The molecule has 2 aromatic carbocycles. The molecule has 1 amide bonds. The highest BCUT2D eigenvalue weighted by Gasteiger charge is 2.15. The van der Waals surface area contributed by atoms with Crippen LogP contribution in [-0.4, -0.2) is 20.4 Å². The SMILES string of the molecule is CC(C)(C)c1ccc(-c2csc(NC(=O)Cn3c(=O)cnc4ccccc43)n2)cc1. The lowest BCUT2D eigenvalue weighted by atomic mass is 9.86. The van der Waals surface area contributed by atoms with Crippen LogP contribution in [0.2, 0.25) is 0 Å². The van der Waals surface area contributed by atoms with Gasteiger partial charge in [0.2, 0.25) is 5.91 Å². The average Bonchev–Trinajstić information content (AvgIpc) is 3.18. The third kappa shape index (κ3) is 4.16. The number of nitrogens with zero attached hydrogens (tertiary/aromatic N) is 3. The summed E-state index contributed by atoms with van der Waals surface area (Å²) < 4.78 is 1.41. The van der Waals surface area contributed by atoms with Crippen LogP contribution >= 0.6 is 11.3 Å². The maximum atomic E-state index is 12.6. The lowest BCUT2D eigenvalue weighted by Crippen LogP contribution is -2.27. The zero-order valence-electron chi connectivity index (χ0n) is 17.0. The van der Waals surface area contributed by atoms with Crippen LogP contribution < -0.4 is 10.9 Å². The molecule has 6 nitrogen and oxygen atoms in total. The number of para-hydroxylation sites is 2. The Labute approximate surface area is 178 Å². The van der Waals surface area contributed by atoms with Crippen molar-refractivity contribution in [3.8, 4) is 11.3 Å². The van der Waals surface area contributed by atoms with Crippen LogP contribution in [0, 0.1) is 0 Å². The summed E-state index contributed by atoms with van der Waals surface area (Å²) in [7, 11) is 0. The lowest BCUT2D eigenvalue weighted by molar-refractivity contribution is -0.116. The number of rotatable bonds is 4. The number of anilines is 1. The minimum Gasteiger partial charge on any atom is -0.300 e. The van der Waals surface area contributed by atoms with Crippen molar-refractivity contribution in [2.75, 3.05) is 5.32 Å². The van der Waals surface area contributed by atoms with Crippen molar-refractivity contribution >= 4 is 33.4 Å². The third-order valence-corrected chi connectivity index (χ3v) is 5.61. The van der Waals surface area contributed by atoms with Gasteiger partial charge in [-0.05, 0) is 23.1 Å². The van der Waals surface area contributed by atoms with Gasteiger partial charge in [0.05, 0.1) is 22.9 Å². The molecule has 0 bridgehead atoms. The molecule has 0 saturated heterocycles. The number of thiazole rings is 1. The molecule has 2 aromatic heterocycles. The quantitative estimate of drug-likeness (QED) is 0.531. The van der Waals surface area contributed by atoms with Crippen LogP contribution in [0.25, 0.3) is 22.3 Å². The van der Waals surface area contributed by atoms with E-state index in [-0.39, 0.29) is 23.4 Å². The smallest absolute Gasteiger partial charge is 0.269 e. The molecule has 0 atom stereocenters. The minimum atomic E-state index is -0.317. The molecule has 0 saturated carbocycles. The number of hydrogen-bond donors (Lipinski definition) is 1. The predicted molar refractivity (Wildman–Crippen MR) is 121 cm³/mol. The van der Waals surface area contributed by atoms with Crippen molar-refractivity contribution in [3.63, 3.8) is 0 Å². The highest BCUT2D eigenvalue weighted by Crippen LogP contribution is 2.28. The average molecular weight is 419 g/mol. The number of amides is 1. The summed E-state index contributed by atoms with van der Waals surface area (Å²) in [5.41, 5.74) is 4.12. The Kier molecular flexibility index (Phi) is 5.22. The molecule has 0 aliphatic rings. The van der Waals surface area contributed by atoms with Gasteiger partial charge in [0.1, 0.15) is 6.54 Å². The van der Waals surface area contributed by atoms with Gasteiger partial charge in [0, 0.05) is 10.9 Å². The largest absolute Gasteiger partial charge is 0.300 e. The van der Waals surface area contributed by atoms with E-state index in [4.69, 9.17) is 0 Å². The second-order valence-electron chi connectivity index (χ2n) is 8.08. The summed E-state index contributed by atoms with van der Waals surface area (Å²) >= 11 is 1.36. The van der Waals surface area contributed by atoms with E-state index >= 15 is 0 Å². The van der Waals surface area contributed by atoms with Crippen molar-refractivity contribution in [2.24, 2.45) is 0 Å². The number of benzene rings is 2. The van der Waals surface area contributed by atoms with Crippen LogP contribution in [0.4, 0.5) is 5.13 Å². The van der Waals surface area contributed by atoms with E-state index in [1.807, 2.05) is 29.6 Å². The standard InChI is InChI=1S/C23H22N4O2S/c1-23(2,3)16-10-8-15(9-11-16)18-14-30-22(25-18)26-20(28)13-27-19-7-5-4-6-17(19)24-12-21(27)29/h4-12,14H,13H2,1-3H3,(H,25,26,28). The Hall–Kier alpha value is -3.32. The number of carbonyl (C=O) groups is 1. The van der Waals surface area contributed by atoms with Gasteiger partial charge < -0.3 is 5.32 Å². The van der Waals surface area contributed by atoms with Gasteiger partial charge in [-0.3, -0.25) is 14.2 Å². The van der Waals surface area contributed by atoms with Crippen LogP contribution in [-0.2, 0) is 16.8 Å². The molecule has 0 aliphatic heterocycles. The van der Waals surface area contributed by atoms with Gasteiger partial charge >= 0.3 is 0 Å². The normalized spacial score (nSPS) is 11.6. The van der Waals surface area contributed by atoms with Gasteiger partial charge in [0.15, 0.2) is 5.13 Å². The van der Waals surface area contributed by atoms with E-state index < -0.39 is 0 Å². The van der Waals surface area contributed by atoms with Crippen molar-refractivity contribution in [1.82, 2.24) is 14.5 Å². The van der Waals surface area contributed by atoms with Crippen molar-refractivity contribution < 1.29 is 4.79 Å². The topological polar surface area (TPSA) is 76.9 Å². The maximum Gasteiger partial charge on any atom is 0.269 e. The van der Waals surface area contributed by atoms with Gasteiger partial charge in [-0.15, -0.1) is 11.3 Å². The predicted octanol–water partition coefficient (Wildman–Crippen LogP) is 4.46. The molecule has 152 valence electrons. The summed E-state index contributed by atoms with van der Waals surface area (Å²) in [5, 5.41) is 5.21. The number of fused-ring (bicyclic) bond motifs is 1. The molecule has 1 N–H and O–H groups in total. The summed E-state index contributed by atoms with van der Waals surface area (Å²) in [6.45, 7) is 6.43. The number of hydrogen-bond acceptors (Lipinski definition) is 5. The van der Waals surface area contributed by atoms with E-state index in [0.717, 1.165) is 11.3 Å². The van der Waals surface area contributed by atoms with E-state index in [1.165, 1.54) is 27.7 Å². The summed E-state index contributed by atoms with van der Waals surface area (Å²) in [6, 6.07) is 15.5. The fraction of sp³-hybridized carbons (Fsp3) is 0.217. The first-order valence-electron chi connectivity index (χ1n) is 9.62. The molecule has 4 rings (SSSR count). The molecule has 0 unspecified atom stereocenters. The summed E-state index contributed by atoms with van der Waals surface area (Å²) in [5.74, 6) is -0.308. The van der Waals surface area contributed by atoms with E-state index in [2.05, 4.69) is 48.2 Å². The van der Waals surface area contributed by atoms with E-state index in [9.17, 15) is 9.59 Å². The first-order valence-corrected chi connectivity index (χ1v) is 10.5. The van der Waals surface area contributed by atoms with Gasteiger partial charge in [-0.25, -0.2) is 9.97 Å². The second-order valence-corrected chi connectivity index (χ2v) is 8.94. The van der Waals surface area contributed by atoms with Crippen molar-refractivity contribution in [2.45, 2.75) is 32.7 Å². The molecule has 4 aromatic rings. The van der Waals surface area contributed by atoms with E-state index in [1.54, 1.807) is 12.1 Å². The zero-order valence-corrected chi connectivity index (χ0v) is 17.9. The fourth-order valence-electron chi connectivity index (χ4n) is 3.18. The third-order valence-electron chi connectivity index (χ3n) is 4.85. The van der Waals surface area contributed by atoms with Crippen LogP contribution in [0.1, 0.15) is 26.3 Å². The lowest BCUT2D eigenvalue weighted by Gasteiger charge is -2.18. The highest BCUT2D eigenvalue weighted by molar-refractivity contribution is 7.14. The second kappa shape index (κ2) is 7.84. The Morgan fingerprint density at radius 3 is 2.57 bits per heavy atom. The monoisotopic (exact) mass is 418 g/mol. The number of aromatic nitrogens is 3. The number of nitrogens with one attached hydrogen (secondary N) is 1. The van der Waals surface area contributed by atoms with Gasteiger partial charge in [-0.1, -0.05) is 57.2 Å². The maximum absolute atomic E-state index is 12.6. The molecule has 30 heavy (non-hydrogen) atoms. The van der Waals surface area contributed by atoms with Gasteiger partial charge in [0.25, 0.3) is 5.56 Å².